The number of nitrogens with one attached hydrogen (secondary N) is 3. The summed E-state index contributed by atoms with van der Waals surface area (Å²) >= 11 is 0. The molecule has 1 aliphatic carbocycles. The molecule has 0 spiro atoms. The highest BCUT2D eigenvalue weighted by Crippen LogP contribution is 2.45. The molecule has 5 rings (SSSR count). The number of amides is 2. The maximum Gasteiger partial charge on any atom is 0.321 e. The van der Waals surface area contributed by atoms with Crippen LogP contribution in [0.3, 0.4) is 0 Å². The zero-order valence-electron chi connectivity index (χ0n) is 16.2. The van der Waals surface area contributed by atoms with Gasteiger partial charge in [0.1, 0.15) is 17.3 Å². The Labute approximate surface area is 171 Å². The molecule has 150 valence electrons. The van der Waals surface area contributed by atoms with E-state index in [1.54, 1.807) is 30.6 Å². The molecule has 1 fully saturated rings. The number of pyridine rings is 2. The summed E-state index contributed by atoms with van der Waals surface area (Å²) < 4.78 is 13.2. The molecule has 0 unspecified atom stereocenters. The number of halogens is 1. The number of aromatic amines is 1. The highest BCUT2D eigenvalue weighted by molar-refractivity contribution is 5.96. The number of nitrogens with zero attached hydrogens (tertiary/aromatic N) is 3. The third-order valence-corrected chi connectivity index (χ3v) is 5.36. The summed E-state index contributed by atoms with van der Waals surface area (Å²) in [6, 6.07) is 11.5. The van der Waals surface area contributed by atoms with Crippen LogP contribution in [0.5, 0.6) is 0 Å². The summed E-state index contributed by atoms with van der Waals surface area (Å²) in [6.07, 6.45) is 5.06. The summed E-state index contributed by atoms with van der Waals surface area (Å²) in [4.78, 5) is 21.1. The van der Waals surface area contributed by atoms with Gasteiger partial charge < -0.3 is 5.32 Å². The molecule has 1 aromatic carbocycles. The van der Waals surface area contributed by atoms with Gasteiger partial charge in [-0.15, -0.1) is 0 Å². The molecule has 3 aromatic heterocycles. The van der Waals surface area contributed by atoms with Gasteiger partial charge in [0.15, 0.2) is 0 Å². The Morgan fingerprint density at radius 2 is 1.93 bits per heavy atom. The Morgan fingerprint density at radius 1 is 1.13 bits per heavy atom. The van der Waals surface area contributed by atoms with Gasteiger partial charge in [-0.05, 0) is 49.6 Å². The molecular weight excluding hydrogens is 383 g/mol. The van der Waals surface area contributed by atoms with Crippen LogP contribution in [0.15, 0.2) is 54.9 Å². The number of hydrogen-bond donors (Lipinski definition) is 3. The highest BCUT2D eigenvalue weighted by Gasteiger charge is 2.45. The molecule has 3 N–H and O–H groups in total. The van der Waals surface area contributed by atoms with E-state index in [0.29, 0.717) is 5.82 Å². The summed E-state index contributed by atoms with van der Waals surface area (Å²) in [5, 5.41) is 14.0. The second-order valence-electron chi connectivity index (χ2n) is 7.54. The Morgan fingerprint density at radius 3 is 2.67 bits per heavy atom. The summed E-state index contributed by atoms with van der Waals surface area (Å²) in [6.45, 7) is 1.93. The Bertz CT molecular complexity index is 1250. The molecule has 3 heterocycles. The van der Waals surface area contributed by atoms with Crippen LogP contribution in [-0.2, 0) is 5.54 Å². The van der Waals surface area contributed by atoms with Crippen LogP contribution in [0.4, 0.5) is 15.0 Å². The van der Waals surface area contributed by atoms with Crippen molar-refractivity contribution < 1.29 is 9.18 Å². The summed E-state index contributed by atoms with van der Waals surface area (Å²) in [5.74, 6) is 0.119. The van der Waals surface area contributed by atoms with Gasteiger partial charge in [0.2, 0.25) is 0 Å². The lowest BCUT2D eigenvalue weighted by Crippen LogP contribution is -2.38. The van der Waals surface area contributed by atoms with E-state index in [1.807, 2.05) is 19.1 Å². The molecule has 0 radical (unpaired) electrons. The number of H-pyrrole nitrogens is 1. The molecule has 30 heavy (non-hydrogen) atoms. The fourth-order valence-corrected chi connectivity index (χ4v) is 3.64. The Kier molecular flexibility index (Phi) is 4.20. The predicted octanol–water partition coefficient (Wildman–Crippen LogP) is 4.28. The first-order valence-corrected chi connectivity index (χ1v) is 9.65. The third kappa shape index (κ3) is 3.36. The molecule has 7 nitrogen and oxygen atoms in total. The zero-order valence-corrected chi connectivity index (χ0v) is 16.2. The van der Waals surface area contributed by atoms with E-state index in [0.717, 1.165) is 46.3 Å². The average molecular weight is 402 g/mol. The van der Waals surface area contributed by atoms with Crippen molar-refractivity contribution in [2.24, 2.45) is 0 Å². The second kappa shape index (κ2) is 6.91. The second-order valence-corrected chi connectivity index (χ2v) is 7.54. The molecule has 0 atom stereocenters. The SMILES string of the molecule is Cc1cc(-c2n[nH]c3cc(NC(=O)NC4(c5ccc(F)cc5)CC4)ncc23)ccn1. The molecule has 0 aliphatic heterocycles. The fraction of sp³-hybridized carbons (Fsp3) is 0.182. The Hall–Kier alpha value is -3.81. The summed E-state index contributed by atoms with van der Waals surface area (Å²) in [5.41, 5.74) is 3.86. The molecule has 0 saturated heterocycles. The van der Waals surface area contributed by atoms with Gasteiger partial charge in [0.25, 0.3) is 0 Å². The van der Waals surface area contributed by atoms with Gasteiger partial charge in [-0.1, -0.05) is 12.1 Å². The standard InChI is InChI=1S/C22H19FN6O/c1-13-10-14(6-9-24-13)20-17-12-25-19(11-18(17)28-29-20)26-21(30)27-22(7-8-22)15-2-4-16(23)5-3-15/h2-6,9-12H,7-8H2,1H3,(H,28,29)(H2,25,26,27,30). The first-order valence-electron chi connectivity index (χ1n) is 9.65. The number of fused-ring (bicyclic) bond motifs is 1. The monoisotopic (exact) mass is 402 g/mol. The van der Waals surface area contributed by atoms with Crippen molar-refractivity contribution in [3.8, 4) is 11.3 Å². The normalized spacial score (nSPS) is 14.5. The zero-order chi connectivity index (χ0) is 20.7. The van der Waals surface area contributed by atoms with Crippen LogP contribution in [0, 0.1) is 12.7 Å². The number of rotatable bonds is 4. The molecule has 4 aromatic rings. The maximum absolute atomic E-state index is 13.2. The van der Waals surface area contributed by atoms with Crippen molar-refractivity contribution in [1.82, 2.24) is 25.5 Å². The highest BCUT2D eigenvalue weighted by atomic mass is 19.1. The topological polar surface area (TPSA) is 95.6 Å². The van der Waals surface area contributed by atoms with Crippen molar-refractivity contribution >= 4 is 22.8 Å². The van der Waals surface area contributed by atoms with Gasteiger partial charge in [-0.2, -0.15) is 5.10 Å². The lowest BCUT2D eigenvalue weighted by molar-refractivity contribution is 0.247. The van der Waals surface area contributed by atoms with Crippen LogP contribution in [0.1, 0.15) is 24.1 Å². The lowest BCUT2D eigenvalue weighted by Gasteiger charge is -2.18. The molecule has 1 aliphatic rings. The number of benzene rings is 1. The van der Waals surface area contributed by atoms with Gasteiger partial charge in [0, 0.05) is 35.1 Å². The van der Waals surface area contributed by atoms with E-state index in [2.05, 4.69) is 30.8 Å². The first kappa shape index (κ1) is 18.2. The number of urea groups is 1. The first-order chi connectivity index (χ1) is 14.5. The van der Waals surface area contributed by atoms with E-state index >= 15 is 0 Å². The Balaban J connectivity index is 1.33. The molecule has 8 heteroatoms. The largest absolute Gasteiger partial charge is 0.328 e. The van der Waals surface area contributed by atoms with Crippen molar-refractivity contribution in [3.05, 3.63) is 71.9 Å². The van der Waals surface area contributed by atoms with Crippen molar-refractivity contribution in [2.75, 3.05) is 5.32 Å². The van der Waals surface area contributed by atoms with Crippen molar-refractivity contribution in [3.63, 3.8) is 0 Å². The smallest absolute Gasteiger partial charge is 0.321 e. The number of hydrogen-bond acceptors (Lipinski definition) is 4. The van der Waals surface area contributed by atoms with E-state index in [9.17, 15) is 9.18 Å². The van der Waals surface area contributed by atoms with E-state index < -0.39 is 5.54 Å². The number of carbonyl (C=O) groups is 1. The van der Waals surface area contributed by atoms with Crippen molar-refractivity contribution in [2.45, 2.75) is 25.3 Å². The van der Waals surface area contributed by atoms with Gasteiger partial charge in [-0.25, -0.2) is 14.2 Å². The molecule has 2 amide bonds. The van der Waals surface area contributed by atoms with E-state index in [1.165, 1.54) is 12.1 Å². The molecular formula is C22H19FN6O. The lowest BCUT2D eigenvalue weighted by atomic mass is 10.1. The van der Waals surface area contributed by atoms with E-state index in [-0.39, 0.29) is 11.8 Å². The minimum Gasteiger partial charge on any atom is -0.328 e. The van der Waals surface area contributed by atoms with Crippen LogP contribution in [0.2, 0.25) is 0 Å². The van der Waals surface area contributed by atoms with Gasteiger partial charge in [0.05, 0.1) is 11.1 Å². The van der Waals surface area contributed by atoms with Crippen LogP contribution >= 0.6 is 0 Å². The number of anilines is 1. The van der Waals surface area contributed by atoms with Crippen LogP contribution in [-0.4, -0.2) is 26.2 Å². The van der Waals surface area contributed by atoms with Gasteiger partial charge >= 0.3 is 6.03 Å². The predicted molar refractivity (Wildman–Crippen MR) is 111 cm³/mol. The van der Waals surface area contributed by atoms with Crippen molar-refractivity contribution in [1.29, 1.82) is 0 Å². The molecule has 0 bridgehead atoms. The number of aryl methyl sites for hydroxylation is 1. The average Bonchev–Trinajstić information content (AvgIpc) is 3.38. The maximum atomic E-state index is 13.2. The number of aromatic nitrogens is 4. The van der Waals surface area contributed by atoms with Gasteiger partial charge in [-0.3, -0.25) is 15.4 Å². The van der Waals surface area contributed by atoms with E-state index in [4.69, 9.17) is 0 Å². The summed E-state index contributed by atoms with van der Waals surface area (Å²) in [7, 11) is 0. The van der Waals surface area contributed by atoms with Crippen LogP contribution in [0.25, 0.3) is 22.2 Å². The quantitative estimate of drug-likeness (QED) is 0.475. The number of carbonyl (C=O) groups excluding carboxylic acids is 1. The minimum atomic E-state index is -0.442. The van der Waals surface area contributed by atoms with Crippen LogP contribution < -0.4 is 10.6 Å². The molecule has 1 saturated carbocycles. The minimum absolute atomic E-state index is 0.294. The third-order valence-electron chi connectivity index (χ3n) is 5.36. The fourth-order valence-electron chi connectivity index (χ4n) is 3.64.